The van der Waals surface area contributed by atoms with Crippen LogP contribution >= 0.6 is 31.9 Å². The summed E-state index contributed by atoms with van der Waals surface area (Å²) in [4.78, 5) is 14.0. The average Bonchev–Trinajstić information content (AvgIpc) is 2.41. The van der Waals surface area contributed by atoms with Crippen molar-refractivity contribution >= 4 is 43.5 Å². The summed E-state index contributed by atoms with van der Waals surface area (Å²) in [5.41, 5.74) is 0.785. The molecule has 0 spiro atoms. The van der Waals surface area contributed by atoms with Crippen LogP contribution in [0.15, 0.2) is 51.4 Å². The van der Waals surface area contributed by atoms with E-state index in [1.165, 1.54) is 11.0 Å². The molecule has 0 atom stereocenters. The lowest BCUT2D eigenvalue weighted by molar-refractivity contribution is 0.0986. The Morgan fingerprint density at radius 3 is 2.50 bits per heavy atom. The molecule has 104 valence electrons. The molecule has 2 aromatic carbocycles. The first kappa shape index (κ1) is 15.2. The Hall–Kier alpha value is -1.20. The van der Waals surface area contributed by atoms with Crippen LogP contribution in [0.1, 0.15) is 17.3 Å². The number of rotatable bonds is 3. The Bertz CT molecular complexity index is 646. The summed E-state index contributed by atoms with van der Waals surface area (Å²) in [6.45, 7) is 2.21. The molecule has 2 aromatic rings. The van der Waals surface area contributed by atoms with Gasteiger partial charge in [-0.1, -0.05) is 28.1 Å². The zero-order valence-electron chi connectivity index (χ0n) is 10.7. The van der Waals surface area contributed by atoms with Gasteiger partial charge in [0.25, 0.3) is 5.91 Å². The highest BCUT2D eigenvalue weighted by Crippen LogP contribution is 2.26. The first-order valence-corrected chi connectivity index (χ1v) is 7.64. The maximum absolute atomic E-state index is 13.9. The second-order valence-corrected chi connectivity index (χ2v) is 5.90. The fourth-order valence-electron chi connectivity index (χ4n) is 1.90. The summed E-state index contributed by atoms with van der Waals surface area (Å²) >= 11 is 6.71. The van der Waals surface area contributed by atoms with E-state index < -0.39 is 5.82 Å². The minimum Gasteiger partial charge on any atom is -0.306 e. The highest BCUT2D eigenvalue weighted by atomic mass is 79.9. The molecule has 0 saturated heterocycles. The van der Waals surface area contributed by atoms with Crippen LogP contribution in [0.25, 0.3) is 0 Å². The minimum absolute atomic E-state index is 0.239. The van der Waals surface area contributed by atoms with Gasteiger partial charge in [0.05, 0.1) is 11.3 Å². The standard InChI is InChI=1S/C15H12Br2FNO/c1-2-19(14-6-4-3-5-13(14)18)15(20)11-8-7-10(16)9-12(11)17/h3-9H,2H2,1H3. The number of hydrogen-bond acceptors (Lipinski definition) is 1. The first-order chi connectivity index (χ1) is 9.54. The minimum atomic E-state index is -0.407. The van der Waals surface area contributed by atoms with Gasteiger partial charge in [0.1, 0.15) is 5.82 Å². The Balaban J connectivity index is 2.42. The number of carbonyl (C=O) groups is 1. The smallest absolute Gasteiger partial charge is 0.259 e. The third kappa shape index (κ3) is 3.10. The van der Waals surface area contributed by atoms with Gasteiger partial charge in [-0.3, -0.25) is 4.79 Å². The summed E-state index contributed by atoms with van der Waals surface area (Å²) in [7, 11) is 0. The maximum atomic E-state index is 13.9. The van der Waals surface area contributed by atoms with Crippen molar-refractivity contribution in [2.24, 2.45) is 0 Å². The van der Waals surface area contributed by atoms with Crippen molar-refractivity contribution < 1.29 is 9.18 Å². The van der Waals surface area contributed by atoms with Crippen LogP contribution in [0.2, 0.25) is 0 Å². The lowest BCUT2D eigenvalue weighted by Gasteiger charge is -2.22. The maximum Gasteiger partial charge on any atom is 0.259 e. The number of carbonyl (C=O) groups excluding carboxylic acids is 1. The molecule has 0 bridgehead atoms. The van der Waals surface area contributed by atoms with E-state index in [-0.39, 0.29) is 11.6 Å². The van der Waals surface area contributed by atoms with E-state index in [1.807, 2.05) is 6.92 Å². The van der Waals surface area contributed by atoms with E-state index in [0.717, 1.165) is 4.47 Å². The van der Waals surface area contributed by atoms with Crippen LogP contribution in [-0.4, -0.2) is 12.5 Å². The third-order valence-corrected chi connectivity index (χ3v) is 4.02. The van der Waals surface area contributed by atoms with Crippen molar-refractivity contribution in [3.63, 3.8) is 0 Å². The Labute approximate surface area is 133 Å². The van der Waals surface area contributed by atoms with Gasteiger partial charge >= 0.3 is 0 Å². The van der Waals surface area contributed by atoms with E-state index in [0.29, 0.717) is 16.6 Å². The van der Waals surface area contributed by atoms with E-state index in [4.69, 9.17) is 0 Å². The first-order valence-electron chi connectivity index (χ1n) is 6.06. The van der Waals surface area contributed by atoms with Crippen LogP contribution in [0.3, 0.4) is 0 Å². The van der Waals surface area contributed by atoms with Crippen LogP contribution < -0.4 is 4.90 Å². The van der Waals surface area contributed by atoms with E-state index >= 15 is 0 Å². The SMILES string of the molecule is CCN(C(=O)c1ccc(Br)cc1Br)c1ccccc1F. The summed E-state index contributed by atoms with van der Waals surface area (Å²) in [6.07, 6.45) is 0. The topological polar surface area (TPSA) is 20.3 Å². The van der Waals surface area contributed by atoms with Gasteiger partial charge in [-0.25, -0.2) is 4.39 Å². The number of amides is 1. The van der Waals surface area contributed by atoms with Crippen LogP contribution in [0.5, 0.6) is 0 Å². The number of para-hydroxylation sites is 1. The molecular weight excluding hydrogens is 389 g/mol. The molecule has 0 aliphatic heterocycles. The number of benzene rings is 2. The normalized spacial score (nSPS) is 10.4. The zero-order chi connectivity index (χ0) is 14.7. The molecule has 1 amide bonds. The molecule has 0 radical (unpaired) electrons. The molecule has 5 heteroatoms. The number of hydrogen-bond donors (Lipinski definition) is 0. The molecule has 2 nitrogen and oxygen atoms in total. The lowest BCUT2D eigenvalue weighted by Crippen LogP contribution is -2.31. The molecule has 0 aliphatic rings. The van der Waals surface area contributed by atoms with Gasteiger partial charge in [-0.15, -0.1) is 0 Å². The Kier molecular flexibility index (Phi) is 4.94. The highest BCUT2D eigenvalue weighted by molar-refractivity contribution is 9.11. The van der Waals surface area contributed by atoms with Gasteiger partial charge in [-0.2, -0.15) is 0 Å². The Morgan fingerprint density at radius 2 is 1.90 bits per heavy atom. The highest BCUT2D eigenvalue weighted by Gasteiger charge is 2.20. The van der Waals surface area contributed by atoms with Crippen molar-refractivity contribution in [1.29, 1.82) is 0 Å². The fourth-order valence-corrected chi connectivity index (χ4v) is 3.12. The number of anilines is 1. The lowest BCUT2D eigenvalue weighted by atomic mass is 10.1. The number of halogens is 3. The molecule has 20 heavy (non-hydrogen) atoms. The molecule has 0 aromatic heterocycles. The van der Waals surface area contributed by atoms with Crippen molar-refractivity contribution in [1.82, 2.24) is 0 Å². The molecule has 0 aliphatic carbocycles. The van der Waals surface area contributed by atoms with E-state index in [9.17, 15) is 9.18 Å². The second-order valence-electron chi connectivity index (χ2n) is 4.12. The molecule has 0 fully saturated rings. The van der Waals surface area contributed by atoms with Crippen molar-refractivity contribution in [3.8, 4) is 0 Å². The third-order valence-electron chi connectivity index (χ3n) is 2.87. The molecule has 0 saturated carbocycles. The summed E-state index contributed by atoms with van der Waals surface area (Å²) < 4.78 is 15.4. The molecular formula is C15H12Br2FNO. The zero-order valence-corrected chi connectivity index (χ0v) is 13.9. The van der Waals surface area contributed by atoms with Crippen molar-refractivity contribution in [2.45, 2.75) is 6.92 Å². The number of nitrogens with zero attached hydrogens (tertiary/aromatic N) is 1. The molecule has 0 N–H and O–H groups in total. The predicted octanol–water partition coefficient (Wildman–Crippen LogP) is 5.02. The van der Waals surface area contributed by atoms with Crippen molar-refractivity contribution in [3.05, 3.63) is 62.8 Å². The summed E-state index contributed by atoms with van der Waals surface area (Å²) in [5, 5.41) is 0. The van der Waals surface area contributed by atoms with E-state index in [1.54, 1.807) is 36.4 Å². The van der Waals surface area contributed by atoms with Gasteiger partial charge in [0.15, 0.2) is 0 Å². The summed E-state index contributed by atoms with van der Waals surface area (Å²) in [6, 6.07) is 11.6. The van der Waals surface area contributed by atoms with Gasteiger partial charge in [-0.05, 0) is 53.2 Å². The molecule has 0 heterocycles. The second kappa shape index (κ2) is 6.50. The average molecular weight is 401 g/mol. The van der Waals surface area contributed by atoms with E-state index in [2.05, 4.69) is 31.9 Å². The quantitative estimate of drug-likeness (QED) is 0.708. The molecule has 0 unspecified atom stereocenters. The fraction of sp³-hybridized carbons (Fsp3) is 0.133. The van der Waals surface area contributed by atoms with Gasteiger partial charge in [0, 0.05) is 15.5 Å². The van der Waals surface area contributed by atoms with Crippen LogP contribution in [0.4, 0.5) is 10.1 Å². The van der Waals surface area contributed by atoms with Gasteiger partial charge < -0.3 is 4.90 Å². The summed E-state index contributed by atoms with van der Waals surface area (Å²) in [5.74, 6) is -0.645. The Morgan fingerprint density at radius 1 is 1.20 bits per heavy atom. The largest absolute Gasteiger partial charge is 0.306 e. The van der Waals surface area contributed by atoms with Crippen LogP contribution in [0, 0.1) is 5.82 Å². The predicted molar refractivity (Wildman–Crippen MR) is 85.6 cm³/mol. The monoisotopic (exact) mass is 399 g/mol. The molecule has 2 rings (SSSR count). The van der Waals surface area contributed by atoms with Crippen molar-refractivity contribution in [2.75, 3.05) is 11.4 Å². The van der Waals surface area contributed by atoms with Gasteiger partial charge in [0.2, 0.25) is 0 Å². The van der Waals surface area contributed by atoms with Crippen LogP contribution in [-0.2, 0) is 0 Å².